The van der Waals surface area contributed by atoms with E-state index in [9.17, 15) is 4.79 Å². The third-order valence-electron chi connectivity index (χ3n) is 3.68. The van der Waals surface area contributed by atoms with Crippen LogP contribution in [0.1, 0.15) is 12.0 Å². The number of benzene rings is 1. The number of ether oxygens (including phenoxy) is 2. The molecule has 23 heavy (non-hydrogen) atoms. The maximum absolute atomic E-state index is 12.2. The molecule has 1 aromatic rings. The molecular formula is C17H26N2O3S. The van der Waals surface area contributed by atoms with E-state index in [0.29, 0.717) is 26.3 Å². The van der Waals surface area contributed by atoms with Crippen molar-refractivity contribution in [2.24, 2.45) is 0 Å². The highest BCUT2D eigenvalue weighted by Crippen LogP contribution is 2.08. The molecule has 2 rings (SSSR count). The molecule has 0 spiro atoms. The molecular weight excluding hydrogens is 312 g/mol. The molecule has 1 amide bonds. The standard InChI is InChI=1S/C17H26N2O3S/c1-23-11-5-8-18-12-16-13-19(9-10-21-16)17(20)22-14-15-6-3-2-4-7-15/h2-4,6-7,16,18H,5,8-14H2,1H3. The van der Waals surface area contributed by atoms with Crippen LogP contribution in [0.2, 0.25) is 0 Å². The Labute approximate surface area is 142 Å². The number of nitrogens with zero attached hydrogens (tertiary/aromatic N) is 1. The largest absolute Gasteiger partial charge is 0.445 e. The lowest BCUT2D eigenvalue weighted by Gasteiger charge is -2.32. The highest BCUT2D eigenvalue weighted by molar-refractivity contribution is 7.98. The van der Waals surface area contributed by atoms with E-state index in [0.717, 1.165) is 30.8 Å². The summed E-state index contributed by atoms with van der Waals surface area (Å²) in [7, 11) is 0. The van der Waals surface area contributed by atoms with Crippen molar-refractivity contribution in [3.8, 4) is 0 Å². The van der Waals surface area contributed by atoms with Crippen LogP contribution in [0.3, 0.4) is 0 Å². The summed E-state index contributed by atoms with van der Waals surface area (Å²) in [4.78, 5) is 13.9. The second kappa shape index (κ2) is 10.5. The number of thioether (sulfide) groups is 1. The third-order valence-corrected chi connectivity index (χ3v) is 4.37. The first-order chi connectivity index (χ1) is 11.3. The lowest BCUT2D eigenvalue weighted by atomic mass is 10.2. The molecule has 1 fully saturated rings. The molecule has 1 aromatic carbocycles. The summed E-state index contributed by atoms with van der Waals surface area (Å²) in [6.45, 7) is 3.82. The molecule has 1 heterocycles. The molecule has 1 N–H and O–H groups in total. The Hall–Kier alpha value is -1.24. The summed E-state index contributed by atoms with van der Waals surface area (Å²) in [6, 6.07) is 9.74. The molecule has 1 aliphatic rings. The Bertz CT molecular complexity index is 458. The van der Waals surface area contributed by atoms with Crippen LogP contribution >= 0.6 is 11.8 Å². The zero-order valence-corrected chi connectivity index (χ0v) is 14.5. The van der Waals surface area contributed by atoms with Crippen molar-refractivity contribution in [1.82, 2.24) is 10.2 Å². The maximum Gasteiger partial charge on any atom is 0.410 e. The predicted molar refractivity (Wildman–Crippen MR) is 93.8 cm³/mol. The normalized spacial score (nSPS) is 18.0. The topological polar surface area (TPSA) is 50.8 Å². The lowest BCUT2D eigenvalue weighted by molar-refractivity contribution is -0.0269. The average Bonchev–Trinajstić information content (AvgIpc) is 2.60. The van der Waals surface area contributed by atoms with E-state index in [1.54, 1.807) is 4.90 Å². The van der Waals surface area contributed by atoms with Gasteiger partial charge in [-0.05, 0) is 30.5 Å². The summed E-state index contributed by atoms with van der Waals surface area (Å²) >= 11 is 1.85. The summed E-state index contributed by atoms with van der Waals surface area (Å²) in [6.07, 6.45) is 3.05. The highest BCUT2D eigenvalue weighted by atomic mass is 32.2. The molecule has 1 saturated heterocycles. The van der Waals surface area contributed by atoms with Crippen LogP contribution in [-0.2, 0) is 16.1 Å². The van der Waals surface area contributed by atoms with Crippen LogP contribution < -0.4 is 5.32 Å². The number of nitrogens with one attached hydrogen (secondary N) is 1. The van der Waals surface area contributed by atoms with Gasteiger partial charge < -0.3 is 19.7 Å². The van der Waals surface area contributed by atoms with Gasteiger partial charge in [-0.15, -0.1) is 0 Å². The first kappa shape index (κ1) is 18.1. The van der Waals surface area contributed by atoms with E-state index in [-0.39, 0.29) is 12.2 Å². The molecule has 0 radical (unpaired) electrons. The zero-order chi connectivity index (χ0) is 16.3. The number of carbonyl (C=O) groups is 1. The average molecular weight is 338 g/mol. The third kappa shape index (κ3) is 6.81. The fraction of sp³-hybridized carbons (Fsp3) is 0.588. The van der Waals surface area contributed by atoms with Gasteiger partial charge in [0.2, 0.25) is 0 Å². The van der Waals surface area contributed by atoms with Crippen LogP contribution in [0, 0.1) is 0 Å². The van der Waals surface area contributed by atoms with Crippen molar-refractivity contribution >= 4 is 17.9 Å². The van der Waals surface area contributed by atoms with E-state index >= 15 is 0 Å². The van der Waals surface area contributed by atoms with Crippen LogP contribution in [0.25, 0.3) is 0 Å². The number of carbonyl (C=O) groups excluding carboxylic acids is 1. The monoisotopic (exact) mass is 338 g/mol. The van der Waals surface area contributed by atoms with Gasteiger partial charge in [0.05, 0.1) is 19.3 Å². The van der Waals surface area contributed by atoms with Crippen LogP contribution in [0.5, 0.6) is 0 Å². The Balaban J connectivity index is 1.67. The van der Waals surface area contributed by atoms with E-state index in [1.165, 1.54) is 0 Å². The SMILES string of the molecule is CSCCCNCC1CN(C(=O)OCc2ccccc2)CCO1. The molecule has 1 aliphatic heterocycles. The Morgan fingerprint density at radius 2 is 2.26 bits per heavy atom. The van der Waals surface area contributed by atoms with Gasteiger partial charge in [-0.25, -0.2) is 4.79 Å². The minimum atomic E-state index is -0.260. The van der Waals surface area contributed by atoms with Gasteiger partial charge in [-0.1, -0.05) is 30.3 Å². The predicted octanol–water partition coefficient (Wildman–Crippen LogP) is 2.37. The smallest absolute Gasteiger partial charge is 0.410 e. The maximum atomic E-state index is 12.2. The molecule has 0 aromatic heterocycles. The highest BCUT2D eigenvalue weighted by Gasteiger charge is 2.24. The van der Waals surface area contributed by atoms with Crippen molar-refractivity contribution in [3.05, 3.63) is 35.9 Å². The lowest BCUT2D eigenvalue weighted by Crippen LogP contribution is -2.49. The molecule has 128 valence electrons. The minimum Gasteiger partial charge on any atom is -0.445 e. The van der Waals surface area contributed by atoms with Crippen molar-refractivity contribution in [3.63, 3.8) is 0 Å². The molecule has 1 unspecified atom stereocenters. The molecule has 0 bridgehead atoms. The minimum absolute atomic E-state index is 0.0438. The van der Waals surface area contributed by atoms with E-state index in [1.807, 2.05) is 42.1 Å². The van der Waals surface area contributed by atoms with Gasteiger partial charge in [0.15, 0.2) is 0 Å². The Morgan fingerprint density at radius 3 is 3.04 bits per heavy atom. The number of hydrogen-bond acceptors (Lipinski definition) is 5. The molecule has 0 saturated carbocycles. The molecule has 6 heteroatoms. The fourth-order valence-electron chi connectivity index (χ4n) is 2.42. The van der Waals surface area contributed by atoms with Gasteiger partial charge in [-0.3, -0.25) is 0 Å². The van der Waals surface area contributed by atoms with Gasteiger partial charge in [-0.2, -0.15) is 11.8 Å². The van der Waals surface area contributed by atoms with Gasteiger partial charge >= 0.3 is 6.09 Å². The number of rotatable bonds is 8. The van der Waals surface area contributed by atoms with E-state index in [2.05, 4.69) is 11.6 Å². The molecule has 1 atom stereocenters. The molecule has 5 nitrogen and oxygen atoms in total. The summed E-state index contributed by atoms with van der Waals surface area (Å²) in [5.74, 6) is 1.16. The van der Waals surface area contributed by atoms with Crippen LogP contribution in [0.4, 0.5) is 4.79 Å². The summed E-state index contributed by atoms with van der Waals surface area (Å²) in [5.41, 5.74) is 1.00. The Morgan fingerprint density at radius 1 is 1.43 bits per heavy atom. The number of morpholine rings is 1. The fourth-order valence-corrected chi connectivity index (χ4v) is 2.86. The Kier molecular flexibility index (Phi) is 8.28. The van der Waals surface area contributed by atoms with E-state index < -0.39 is 0 Å². The van der Waals surface area contributed by atoms with Crippen molar-refractivity contribution in [1.29, 1.82) is 0 Å². The van der Waals surface area contributed by atoms with Gasteiger partial charge in [0.1, 0.15) is 6.61 Å². The second-order valence-corrected chi connectivity index (χ2v) is 6.52. The quantitative estimate of drug-likeness (QED) is 0.738. The number of hydrogen-bond donors (Lipinski definition) is 1. The van der Waals surface area contributed by atoms with Crippen LogP contribution in [0.15, 0.2) is 30.3 Å². The summed E-state index contributed by atoms with van der Waals surface area (Å²) < 4.78 is 11.1. The number of amides is 1. The van der Waals surface area contributed by atoms with Crippen LogP contribution in [-0.4, -0.2) is 61.9 Å². The van der Waals surface area contributed by atoms with E-state index in [4.69, 9.17) is 9.47 Å². The molecule has 0 aliphatic carbocycles. The van der Waals surface area contributed by atoms with Gasteiger partial charge in [0.25, 0.3) is 0 Å². The van der Waals surface area contributed by atoms with Gasteiger partial charge in [0, 0.05) is 13.1 Å². The van der Waals surface area contributed by atoms with Crippen molar-refractivity contribution < 1.29 is 14.3 Å². The van der Waals surface area contributed by atoms with Crippen molar-refractivity contribution in [2.45, 2.75) is 19.1 Å². The first-order valence-corrected chi connectivity index (χ1v) is 9.46. The first-order valence-electron chi connectivity index (χ1n) is 8.06. The summed E-state index contributed by atoms with van der Waals surface area (Å²) in [5, 5.41) is 3.39. The second-order valence-electron chi connectivity index (χ2n) is 5.53. The van der Waals surface area contributed by atoms with Crippen molar-refractivity contribution in [2.75, 3.05) is 44.8 Å². The zero-order valence-electron chi connectivity index (χ0n) is 13.7.